The van der Waals surface area contributed by atoms with Crippen LogP contribution in [-0.4, -0.2) is 18.1 Å². The van der Waals surface area contributed by atoms with Crippen LogP contribution in [0, 0.1) is 0 Å². The SMILES string of the molecule is O=C1C=CC2=CC=NOC2C1. The number of carbonyl (C=O) groups excluding carboxylic acids is 1. The summed E-state index contributed by atoms with van der Waals surface area (Å²) in [5.41, 5.74) is 1.03. The molecule has 0 fully saturated rings. The van der Waals surface area contributed by atoms with Gasteiger partial charge < -0.3 is 4.84 Å². The molecule has 0 aromatic heterocycles. The van der Waals surface area contributed by atoms with Crippen LogP contribution in [0.2, 0.25) is 0 Å². The van der Waals surface area contributed by atoms with Crippen LogP contribution < -0.4 is 0 Å². The van der Waals surface area contributed by atoms with Gasteiger partial charge in [0.15, 0.2) is 11.9 Å². The zero-order chi connectivity index (χ0) is 7.68. The summed E-state index contributed by atoms with van der Waals surface area (Å²) < 4.78 is 0. The Bertz CT molecular complexity index is 276. The first-order chi connectivity index (χ1) is 5.36. The fourth-order valence-corrected chi connectivity index (χ4v) is 1.15. The number of ketones is 1. The minimum absolute atomic E-state index is 0.101. The molecule has 56 valence electrons. The van der Waals surface area contributed by atoms with E-state index in [0.29, 0.717) is 6.42 Å². The Morgan fingerprint density at radius 3 is 3.36 bits per heavy atom. The van der Waals surface area contributed by atoms with E-state index >= 15 is 0 Å². The van der Waals surface area contributed by atoms with Gasteiger partial charge in [0.25, 0.3) is 0 Å². The number of carbonyl (C=O) groups is 1. The lowest BCUT2D eigenvalue weighted by Gasteiger charge is -2.19. The average molecular weight is 149 g/mol. The minimum Gasteiger partial charge on any atom is -0.387 e. The van der Waals surface area contributed by atoms with Crippen LogP contribution in [0.1, 0.15) is 6.42 Å². The second-order valence-corrected chi connectivity index (χ2v) is 2.52. The Morgan fingerprint density at radius 1 is 1.55 bits per heavy atom. The molecule has 1 heterocycles. The van der Waals surface area contributed by atoms with Crippen LogP contribution >= 0.6 is 0 Å². The molecule has 0 N–H and O–H groups in total. The van der Waals surface area contributed by atoms with Crippen molar-refractivity contribution in [2.75, 3.05) is 0 Å². The van der Waals surface area contributed by atoms with Gasteiger partial charge in [-0.05, 0) is 17.7 Å². The molecule has 0 radical (unpaired) electrons. The van der Waals surface area contributed by atoms with Crippen molar-refractivity contribution in [1.29, 1.82) is 0 Å². The van der Waals surface area contributed by atoms with E-state index in [4.69, 9.17) is 4.84 Å². The zero-order valence-corrected chi connectivity index (χ0v) is 5.86. The van der Waals surface area contributed by atoms with Crippen molar-refractivity contribution >= 4 is 12.0 Å². The molecule has 0 aromatic carbocycles. The van der Waals surface area contributed by atoms with E-state index < -0.39 is 0 Å². The molecule has 3 nitrogen and oxygen atoms in total. The van der Waals surface area contributed by atoms with Gasteiger partial charge in [-0.25, -0.2) is 0 Å². The number of hydrogen-bond donors (Lipinski definition) is 0. The predicted molar refractivity (Wildman–Crippen MR) is 40.2 cm³/mol. The summed E-state index contributed by atoms with van der Waals surface area (Å²) in [6.07, 6.45) is 7.08. The van der Waals surface area contributed by atoms with Gasteiger partial charge >= 0.3 is 0 Å². The van der Waals surface area contributed by atoms with Crippen molar-refractivity contribution in [3.8, 4) is 0 Å². The Labute approximate surface area is 64.0 Å². The fourth-order valence-electron chi connectivity index (χ4n) is 1.15. The molecule has 11 heavy (non-hydrogen) atoms. The predicted octanol–water partition coefficient (Wildman–Crippen LogP) is 0.826. The van der Waals surface area contributed by atoms with E-state index in [1.165, 1.54) is 0 Å². The zero-order valence-electron chi connectivity index (χ0n) is 5.86. The fraction of sp³-hybridized carbons (Fsp3) is 0.250. The smallest absolute Gasteiger partial charge is 0.159 e. The largest absolute Gasteiger partial charge is 0.387 e. The Balaban J connectivity index is 2.31. The minimum atomic E-state index is -0.141. The van der Waals surface area contributed by atoms with E-state index in [0.717, 1.165) is 5.57 Å². The van der Waals surface area contributed by atoms with E-state index in [9.17, 15) is 4.79 Å². The van der Waals surface area contributed by atoms with Gasteiger partial charge in [-0.1, -0.05) is 11.2 Å². The topological polar surface area (TPSA) is 38.7 Å². The van der Waals surface area contributed by atoms with Crippen LogP contribution in [0.5, 0.6) is 0 Å². The number of oxime groups is 1. The van der Waals surface area contributed by atoms with Gasteiger partial charge in [0, 0.05) is 0 Å². The molecular formula is C8H7NO2. The quantitative estimate of drug-likeness (QED) is 0.511. The summed E-state index contributed by atoms with van der Waals surface area (Å²) in [6, 6.07) is 0. The van der Waals surface area contributed by atoms with E-state index in [-0.39, 0.29) is 11.9 Å². The average Bonchev–Trinajstić information content (AvgIpc) is 2.04. The normalized spacial score (nSPS) is 27.5. The maximum Gasteiger partial charge on any atom is 0.159 e. The highest BCUT2D eigenvalue weighted by atomic mass is 16.6. The summed E-state index contributed by atoms with van der Waals surface area (Å²) in [7, 11) is 0. The molecule has 2 aliphatic rings. The lowest BCUT2D eigenvalue weighted by molar-refractivity contribution is -0.117. The third-order valence-corrected chi connectivity index (χ3v) is 1.74. The number of fused-ring (bicyclic) bond motifs is 1. The molecule has 1 atom stereocenters. The highest BCUT2D eigenvalue weighted by Gasteiger charge is 2.22. The standard InChI is InChI=1S/C8H7NO2/c10-7-2-1-6-3-4-9-11-8(6)5-7/h1-4,8H,5H2. The molecule has 3 heteroatoms. The summed E-state index contributed by atoms with van der Waals surface area (Å²) in [5, 5.41) is 3.61. The number of allylic oxidation sites excluding steroid dienone is 2. The van der Waals surface area contributed by atoms with Crippen LogP contribution in [-0.2, 0) is 9.63 Å². The highest BCUT2D eigenvalue weighted by Crippen LogP contribution is 2.20. The van der Waals surface area contributed by atoms with Crippen molar-refractivity contribution in [1.82, 2.24) is 0 Å². The van der Waals surface area contributed by atoms with Crippen LogP contribution in [0.15, 0.2) is 29.0 Å². The Hall–Kier alpha value is -1.38. The first kappa shape index (κ1) is 6.34. The van der Waals surface area contributed by atoms with E-state index in [1.807, 2.05) is 6.08 Å². The number of rotatable bonds is 0. The summed E-state index contributed by atoms with van der Waals surface area (Å²) >= 11 is 0. The molecule has 0 spiro atoms. The molecule has 1 aliphatic heterocycles. The molecule has 0 aromatic rings. The molecule has 2 rings (SSSR count). The second-order valence-electron chi connectivity index (χ2n) is 2.52. The molecule has 0 saturated carbocycles. The van der Waals surface area contributed by atoms with Crippen LogP contribution in [0.25, 0.3) is 0 Å². The molecule has 1 unspecified atom stereocenters. The first-order valence-corrected chi connectivity index (χ1v) is 3.46. The number of hydrogen-bond acceptors (Lipinski definition) is 3. The van der Waals surface area contributed by atoms with Gasteiger partial charge in [0.05, 0.1) is 12.6 Å². The maximum absolute atomic E-state index is 10.9. The van der Waals surface area contributed by atoms with Gasteiger partial charge in [0.2, 0.25) is 0 Å². The summed E-state index contributed by atoms with van der Waals surface area (Å²) in [6.45, 7) is 0. The molecule has 0 saturated heterocycles. The lowest BCUT2D eigenvalue weighted by atomic mass is 9.97. The second kappa shape index (κ2) is 2.34. The summed E-state index contributed by atoms with van der Waals surface area (Å²) in [4.78, 5) is 15.9. The van der Waals surface area contributed by atoms with Gasteiger partial charge in [-0.2, -0.15) is 0 Å². The van der Waals surface area contributed by atoms with Gasteiger partial charge in [-0.15, -0.1) is 0 Å². The van der Waals surface area contributed by atoms with Crippen LogP contribution in [0.3, 0.4) is 0 Å². The van der Waals surface area contributed by atoms with Crippen molar-refractivity contribution in [2.24, 2.45) is 5.16 Å². The van der Waals surface area contributed by atoms with Crippen LogP contribution in [0.4, 0.5) is 0 Å². The third-order valence-electron chi connectivity index (χ3n) is 1.74. The molecule has 1 aliphatic carbocycles. The van der Waals surface area contributed by atoms with Gasteiger partial charge in [-0.3, -0.25) is 4.79 Å². The van der Waals surface area contributed by atoms with E-state index in [2.05, 4.69) is 5.16 Å². The van der Waals surface area contributed by atoms with Gasteiger partial charge in [0.1, 0.15) is 0 Å². The lowest BCUT2D eigenvalue weighted by Crippen LogP contribution is -2.22. The Morgan fingerprint density at radius 2 is 2.45 bits per heavy atom. The third kappa shape index (κ3) is 1.09. The van der Waals surface area contributed by atoms with Crippen molar-refractivity contribution < 1.29 is 9.63 Å². The highest BCUT2D eigenvalue weighted by molar-refractivity contribution is 5.93. The van der Waals surface area contributed by atoms with E-state index in [1.54, 1.807) is 18.4 Å². The Kier molecular flexibility index (Phi) is 1.35. The van der Waals surface area contributed by atoms with Crippen molar-refractivity contribution in [3.63, 3.8) is 0 Å². The number of nitrogens with zero attached hydrogens (tertiary/aromatic N) is 1. The molecule has 0 bridgehead atoms. The van der Waals surface area contributed by atoms with Crippen molar-refractivity contribution in [3.05, 3.63) is 23.8 Å². The van der Waals surface area contributed by atoms with Crippen molar-refractivity contribution in [2.45, 2.75) is 12.5 Å². The molecular weight excluding hydrogens is 142 g/mol. The monoisotopic (exact) mass is 149 g/mol. The first-order valence-electron chi connectivity index (χ1n) is 3.46. The maximum atomic E-state index is 10.9. The summed E-state index contributed by atoms with van der Waals surface area (Å²) in [5.74, 6) is 0.101. The molecule has 0 amide bonds.